The van der Waals surface area contributed by atoms with Crippen LogP contribution < -0.4 is 5.32 Å². The van der Waals surface area contributed by atoms with Gasteiger partial charge in [-0.15, -0.1) is 0 Å². The molecule has 6 heteroatoms. The lowest BCUT2D eigenvalue weighted by atomic mass is 10.0. The van der Waals surface area contributed by atoms with Gasteiger partial charge in [0.15, 0.2) is 0 Å². The third-order valence-electron chi connectivity index (χ3n) is 3.71. The molecule has 0 aromatic heterocycles. The van der Waals surface area contributed by atoms with E-state index >= 15 is 0 Å². The monoisotopic (exact) mass is 287 g/mol. The Balaban J connectivity index is 2.11. The molecule has 1 atom stereocenters. The number of aliphatic hydroxyl groups excluding tert-OH is 1. The average molecular weight is 287 g/mol. The summed E-state index contributed by atoms with van der Waals surface area (Å²) in [4.78, 5) is 15.5. The molecule has 1 fully saturated rings. The highest BCUT2D eigenvalue weighted by Gasteiger charge is 2.21. The molecular weight excluding hydrogens is 258 g/mol. The van der Waals surface area contributed by atoms with Gasteiger partial charge in [0.1, 0.15) is 0 Å². The highest BCUT2D eigenvalue weighted by atomic mass is 16.5. The van der Waals surface area contributed by atoms with Crippen LogP contribution >= 0.6 is 0 Å². The topological polar surface area (TPSA) is 65.0 Å². The van der Waals surface area contributed by atoms with E-state index < -0.39 is 0 Å². The van der Waals surface area contributed by atoms with Gasteiger partial charge >= 0.3 is 0 Å². The maximum atomic E-state index is 11.6. The number of nitrogens with zero attached hydrogens (tertiary/aromatic N) is 2. The van der Waals surface area contributed by atoms with Crippen molar-refractivity contribution in [2.24, 2.45) is 0 Å². The number of hydrogen-bond acceptors (Lipinski definition) is 5. The molecule has 0 bridgehead atoms. The third-order valence-corrected chi connectivity index (χ3v) is 3.71. The number of carbonyl (C=O) groups excluding carboxylic acids is 1. The molecular formula is C14H29N3O3. The van der Waals surface area contributed by atoms with E-state index in [1.807, 2.05) is 0 Å². The summed E-state index contributed by atoms with van der Waals surface area (Å²) < 4.78 is 4.90. The molecule has 20 heavy (non-hydrogen) atoms. The lowest BCUT2D eigenvalue weighted by Gasteiger charge is -2.32. The van der Waals surface area contributed by atoms with Crippen LogP contribution in [0.25, 0.3) is 0 Å². The van der Waals surface area contributed by atoms with Crippen LogP contribution in [0.15, 0.2) is 0 Å². The number of ether oxygens (including phenoxy) is 1. The minimum Gasteiger partial charge on any atom is -0.391 e. The molecule has 1 rings (SSSR count). The Morgan fingerprint density at radius 1 is 1.45 bits per heavy atom. The van der Waals surface area contributed by atoms with Gasteiger partial charge in [0.25, 0.3) is 0 Å². The molecule has 0 radical (unpaired) electrons. The second-order valence-electron chi connectivity index (χ2n) is 5.69. The summed E-state index contributed by atoms with van der Waals surface area (Å²) in [6, 6.07) is 0.496. The van der Waals surface area contributed by atoms with Gasteiger partial charge in [0.05, 0.1) is 19.3 Å². The first-order valence-electron chi connectivity index (χ1n) is 7.35. The summed E-state index contributed by atoms with van der Waals surface area (Å²) in [6.45, 7) is 3.64. The van der Waals surface area contributed by atoms with E-state index in [0.29, 0.717) is 25.6 Å². The smallest absolute Gasteiger partial charge is 0.236 e. The van der Waals surface area contributed by atoms with Crippen molar-refractivity contribution in [3.63, 3.8) is 0 Å². The van der Waals surface area contributed by atoms with Gasteiger partial charge in [-0.05, 0) is 25.8 Å². The summed E-state index contributed by atoms with van der Waals surface area (Å²) >= 11 is 0. The maximum absolute atomic E-state index is 11.6. The summed E-state index contributed by atoms with van der Waals surface area (Å²) in [6.07, 6.45) is 2.44. The van der Waals surface area contributed by atoms with Crippen LogP contribution in [0.5, 0.6) is 0 Å². The summed E-state index contributed by atoms with van der Waals surface area (Å²) in [5.41, 5.74) is 0. The highest BCUT2D eigenvalue weighted by molar-refractivity contribution is 5.77. The number of likely N-dealkylation sites (N-methyl/N-ethyl adjacent to an activating group) is 1. The zero-order valence-corrected chi connectivity index (χ0v) is 13.0. The van der Waals surface area contributed by atoms with E-state index in [0.717, 1.165) is 32.5 Å². The number of methoxy groups -OCH3 is 1. The Kier molecular flexibility index (Phi) is 8.06. The molecule has 1 amide bonds. The first-order chi connectivity index (χ1) is 9.52. The standard InChI is InChI=1S/C14H29N3O3/c1-16(2)14(19)10-17-8-5-12(6-9-17)15-7-4-13(18)11-20-3/h12-13,15,18H,4-11H2,1-3H3. The van der Waals surface area contributed by atoms with Crippen molar-refractivity contribution in [2.45, 2.75) is 31.4 Å². The van der Waals surface area contributed by atoms with Gasteiger partial charge in [-0.2, -0.15) is 0 Å². The number of piperidine rings is 1. The Morgan fingerprint density at radius 3 is 2.65 bits per heavy atom. The molecule has 1 aliphatic heterocycles. The number of likely N-dealkylation sites (tertiary alicyclic amines) is 1. The molecule has 0 aliphatic carbocycles. The number of amides is 1. The molecule has 118 valence electrons. The number of carbonyl (C=O) groups is 1. The number of aliphatic hydroxyl groups is 1. The fourth-order valence-electron chi connectivity index (χ4n) is 2.36. The minimum absolute atomic E-state index is 0.166. The Hall–Kier alpha value is -0.690. The van der Waals surface area contributed by atoms with Gasteiger partial charge in [-0.3, -0.25) is 9.69 Å². The van der Waals surface area contributed by atoms with Crippen molar-refractivity contribution in [1.82, 2.24) is 15.1 Å². The minimum atomic E-state index is -0.384. The average Bonchev–Trinajstić information content (AvgIpc) is 2.41. The predicted octanol–water partition coefficient (Wildman–Crippen LogP) is -0.474. The first kappa shape index (κ1) is 17.4. The highest BCUT2D eigenvalue weighted by Crippen LogP contribution is 2.10. The van der Waals surface area contributed by atoms with Gasteiger partial charge in [-0.25, -0.2) is 0 Å². The van der Waals surface area contributed by atoms with E-state index in [1.165, 1.54) is 0 Å². The molecule has 1 aliphatic rings. The SMILES string of the molecule is COCC(O)CCNC1CCN(CC(=O)N(C)C)CC1. The largest absolute Gasteiger partial charge is 0.391 e. The summed E-state index contributed by atoms with van der Waals surface area (Å²) in [7, 11) is 5.19. The third kappa shape index (κ3) is 6.65. The van der Waals surface area contributed by atoms with E-state index in [2.05, 4.69) is 10.2 Å². The number of rotatable bonds is 8. The van der Waals surface area contributed by atoms with Crippen molar-refractivity contribution in [3.05, 3.63) is 0 Å². The number of nitrogens with one attached hydrogen (secondary N) is 1. The molecule has 2 N–H and O–H groups in total. The van der Waals surface area contributed by atoms with Crippen LogP contribution in [-0.2, 0) is 9.53 Å². The van der Waals surface area contributed by atoms with Gasteiger partial charge in [0, 0.05) is 40.3 Å². The summed E-state index contributed by atoms with van der Waals surface area (Å²) in [5, 5.41) is 13.0. The molecule has 1 saturated heterocycles. The quantitative estimate of drug-likeness (QED) is 0.632. The maximum Gasteiger partial charge on any atom is 0.236 e. The molecule has 0 aromatic carbocycles. The second-order valence-corrected chi connectivity index (χ2v) is 5.69. The lowest BCUT2D eigenvalue weighted by Crippen LogP contribution is -2.46. The fraction of sp³-hybridized carbons (Fsp3) is 0.929. The van der Waals surface area contributed by atoms with E-state index in [9.17, 15) is 9.90 Å². The van der Waals surface area contributed by atoms with Crippen molar-refractivity contribution < 1.29 is 14.6 Å². The fourth-order valence-corrected chi connectivity index (χ4v) is 2.36. The van der Waals surface area contributed by atoms with Crippen LogP contribution in [0.2, 0.25) is 0 Å². The molecule has 1 heterocycles. The zero-order chi connectivity index (χ0) is 15.0. The zero-order valence-electron chi connectivity index (χ0n) is 13.0. The van der Waals surface area contributed by atoms with E-state index in [1.54, 1.807) is 26.1 Å². The number of hydrogen-bond donors (Lipinski definition) is 2. The van der Waals surface area contributed by atoms with Crippen LogP contribution in [0.4, 0.5) is 0 Å². The molecule has 0 spiro atoms. The summed E-state index contributed by atoms with van der Waals surface area (Å²) in [5.74, 6) is 0.166. The predicted molar refractivity (Wildman–Crippen MR) is 78.7 cm³/mol. The molecule has 0 saturated carbocycles. The van der Waals surface area contributed by atoms with E-state index in [4.69, 9.17) is 4.74 Å². The van der Waals surface area contributed by atoms with Crippen molar-refractivity contribution >= 4 is 5.91 Å². The molecule has 6 nitrogen and oxygen atoms in total. The van der Waals surface area contributed by atoms with Crippen LogP contribution in [0, 0.1) is 0 Å². The Bertz CT molecular complexity index is 279. The van der Waals surface area contributed by atoms with Crippen LogP contribution in [0.3, 0.4) is 0 Å². The van der Waals surface area contributed by atoms with Crippen molar-refractivity contribution in [1.29, 1.82) is 0 Å². The lowest BCUT2D eigenvalue weighted by molar-refractivity contribution is -0.130. The second kappa shape index (κ2) is 9.28. The van der Waals surface area contributed by atoms with Gasteiger partial charge < -0.3 is 20.1 Å². The van der Waals surface area contributed by atoms with E-state index in [-0.39, 0.29) is 12.0 Å². The van der Waals surface area contributed by atoms with Crippen molar-refractivity contribution in [3.8, 4) is 0 Å². The van der Waals surface area contributed by atoms with Gasteiger partial charge in [0.2, 0.25) is 5.91 Å². The first-order valence-corrected chi connectivity index (χ1v) is 7.35. The molecule has 1 unspecified atom stereocenters. The Morgan fingerprint density at radius 2 is 2.10 bits per heavy atom. The Labute approximate surface area is 122 Å². The van der Waals surface area contributed by atoms with Crippen molar-refractivity contribution in [2.75, 3.05) is 54.0 Å². The van der Waals surface area contributed by atoms with Gasteiger partial charge in [-0.1, -0.05) is 0 Å². The molecule has 0 aromatic rings. The normalized spacial score (nSPS) is 19.0. The van der Waals surface area contributed by atoms with Crippen LogP contribution in [0.1, 0.15) is 19.3 Å². The van der Waals surface area contributed by atoms with Crippen LogP contribution in [-0.4, -0.2) is 87.0 Å².